The van der Waals surface area contributed by atoms with Crippen LogP contribution in [0.5, 0.6) is 0 Å². The molecule has 3 aromatic carbocycles. The van der Waals surface area contributed by atoms with E-state index in [-0.39, 0.29) is 17.4 Å². The maximum atomic E-state index is 12.7. The van der Waals surface area contributed by atoms with Crippen LogP contribution in [0.25, 0.3) is 11.1 Å². The second-order valence-corrected chi connectivity index (χ2v) is 7.38. The molecule has 0 aliphatic carbocycles. The molecule has 3 N–H and O–H groups in total. The zero-order valence-corrected chi connectivity index (χ0v) is 17.6. The number of amides is 3. The van der Waals surface area contributed by atoms with Crippen molar-refractivity contribution in [3.63, 3.8) is 0 Å². The lowest BCUT2D eigenvalue weighted by atomic mass is 9.96. The van der Waals surface area contributed by atoms with Crippen LogP contribution >= 0.6 is 11.6 Å². The zero-order valence-electron chi connectivity index (χ0n) is 16.8. The first-order valence-electron chi connectivity index (χ1n) is 9.27. The highest BCUT2D eigenvalue weighted by atomic mass is 35.5. The molecule has 0 radical (unpaired) electrons. The summed E-state index contributed by atoms with van der Waals surface area (Å²) in [6.07, 6.45) is 0. The van der Waals surface area contributed by atoms with Crippen molar-refractivity contribution >= 4 is 35.0 Å². The van der Waals surface area contributed by atoms with Crippen molar-refractivity contribution < 1.29 is 19.6 Å². The molecule has 0 heterocycles. The standard InChI is InChI=1S/C23H20ClN3O4/c1-27(2)23(30)16-11-15(19-5-3-4-6-20(19)22(29)26-31)12-18(13-16)25-21(28)14-7-9-17(24)10-8-14/h3-13,31H,1-2H3,(H,25,28)(H,26,29). The van der Waals surface area contributed by atoms with E-state index in [4.69, 9.17) is 16.8 Å². The third-order valence-corrected chi connectivity index (χ3v) is 4.79. The van der Waals surface area contributed by atoms with Gasteiger partial charge in [0.25, 0.3) is 17.7 Å². The summed E-state index contributed by atoms with van der Waals surface area (Å²) in [4.78, 5) is 38.8. The highest BCUT2D eigenvalue weighted by Crippen LogP contribution is 2.29. The van der Waals surface area contributed by atoms with Crippen LogP contribution in [-0.4, -0.2) is 41.9 Å². The van der Waals surface area contributed by atoms with Crippen molar-refractivity contribution in [1.82, 2.24) is 10.4 Å². The topological polar surface area (TPSA) is 98.7 Å². The second kappa shape index (κ2) is 9.42. The van der Waals surface area contributed by atoms with E-state index in [0.29, 0.717) is 33.0 Å². The maximum Gasteiger partial charge on any atom is 0.275 e. The Balaban J connectivity index is 2.08. The Kier molecular flexibility index (Phi) is 6.69. The van der Waals surface area contributed by atoms with Crippen molar-refractivity contribution in [3.8, 4) is 11.1 Å². The number of anilines is 1. The van der Waals surface area contributed by atoms with Gasteiger partial charge < -0.3 is 10.2 Å². The Hall–Kier alpha value is -3.68. The number of benzene rings is 3. The van der Waals surface area contributed by atoms with Gasteiger partial charge in [-0.05, 0) is 59.7 Å². The van der Waals surface area contributed by atoms with E-state index >= 15 is 0 Å². The average Bonchev–Trinajstić information content (AvgIpc) is 2.78. The van der Waals surface area contributed by atoms with Gasteiger partial charge in [-0.3, -0.25) is 19.6 Å². The fraction of sp³-hybridized carbons (Fsp3) is 0.0870. The number of nitrogens with one attached hydrogen (secondary N) is 2. The summed E-state index contributed by atoms with van der Waals surface area (Å²) in [6, 6.07) is 17.9. The smallest absolute Gasteiger partial charge is 0.275 e. The first kappa shape index (κ1) is 22.0. The molecule has 0 aliphatic heterocycles. The maximum absolute atomic E-state index is 12.7. The number of hydroxylamine groups is 1. The molecule has 0 bridgehead atoms. The summed E-state index contributed by atoms with van der Waals surface area (Å²) in [5.74, 6) is -1.34. The van der Waals surface area contributed by atoms with Crippen molar-refractivity contribution in [1.29, 1.82) is 0 Å². The Labute approximate surface area is 184 Å². The van der Waals surface area contributed by atoms with Gasteiger partial charge in [-0.1, -0.05) is 29.8 Å². The van der Waals surface area contributed by atoms with E-state index in [2.05, 4.69) is 5.32 Å². The van der Waals surface area contributed by atoms with Crippen molar-refractivity contribution in [2.45, 2.75) is 0 Å². The number of nitrogens with zero attached hydrogens (tertiary/aromatic N) is 1. The monoisotopic (exact) mass is 437 g/mol. The molecule has 0 saturated heterocycles. The summed E-state index contributed by atoms with van der Waals surface area (Å²) in [6.45, 7) is 0. The number of rotatable bonds is 5. The average molecular weight is 438 g/mol. The van der Waals surface area contributed by atoms with Gasteiger partial charge >= 0.3 is 0 Å². The summed E-state index contributed by atoms with van der Waals surface area (Å²) in [5, 5.41) is 12.4. The summed E-state index contributed by atoms with van der Waals surface area (Å²) < 4.78 is 0. The van der Waals surface area contributed by atoms with Crippen LogP contribution in [0.4, 0.5) is 5.69 Å². The van der Waals surface area contributed by atoms with Crippen LogP contribution in [0, 0.1) is 0 Å². The minimum atomic E-state index is -0.688. The van der Waals surface area contributed by atoms with Gasteiger partial charge in [0, 0.05) is 41.5 Å². The normalized spacial score (nSPS) is 10.3. The van der Waals surface area contributed by atoms with Crippen LogP contribution in [0.15, 0.2) is 66.7 Å². The molecule has 3 rings (SSSR count). The fourth-order valence-electron chi connectivity index (χ4n) is 3.03. The molecule has 0 spiro atoms. The van der Waals surface area contributed by atoms with Gasteiger partial charge in [0.2, 0.25) is 0 Å². The molecule has 0 saturated carbocycles. The Bertz CT molecular complexity index is 1140. The number of hydrogen-bond donors (Lipinski definition) is 3. The number of carbonyl (C=O) groups is 3. The van der Waals surface area contributed by atoms with Gasteiger partial charge in [-0.2, -0.15) is 0 Å². The molecular weight excluding hydrogens is 418 g/mol. The minimum absolute atomic E-state index is 0.217. The molecule has 3 aromatic rings. The molecule has 0 aliphatic rings. The highest BCUT2D eigenvalue weighted by molar-refractivity contribution is 6.30. The van der Waals surface area contributed by atoms with Crippen LogP contribution in [0.3, 0.4) is 0 Å². The molecule has 0 aromatic heterocycles. The predicted octanol–water partition coefficient (Wildman–Crippen LogP) is 4.08. The number of hydrogen-bond acceptors (Lipinski definition) is 4. The molecule has 0 unspecified atom stereocenters. The number of halogens is 1. The molecule has 31 heavy (non-hydrogen) atoms. The fourth-order valence-corrected chi connectivity index (χ4v) is 3.16. The van der Waals surface area contributed by atoms with Crippen LogP contribution in [-0.2, 0) is 0 Å². The van der Waals surface area contributed by atoms with Gasteiger partial charge in [0.15, 0.2) is 0 Å². The van der Waals surface area contributed by atoms with Crippen molar-refractivity contribution in [2.24, 2.45) is 0 Å². The highest BCUT2D eigenvalue weighted by Gasteiger charge is 2.17. The summed E-state index contributed by atoms with van der Waals surface area (Å²) >= 11 is 5.88. The SMILES string of the molecule is CN(C)C(=O)c1cc(NC(=O)c2ccc(Cl)cc2)cc(-c2ccccc2C(=O)NO)c1. The Morgan fingerprint density at radius 3 is 2.19 bits per heavy atom. The summed E-state index contributed by atoms with van der Waals surface area (Å²) in [7, 11) is 3.24. The molecule has 3 amide bonds. The van der Waals surface area contributed by atoms with Gasteiger partial charge in [-0.15, -0.1) is 0 Å². The molecule has 8 heteroatoms. The minimum Gasteiger partial charge on any atom is -0.345 e. The molecular formula is C23H20ClN3O4. The first-order chi connectivity index (χ1) is 14.8. The second-order valence-electron chi connectivity index (χ2n) is 6.95. The van der Waals surface area contributed by atoms with Crippen LogP contribution < -0.4 is 10.8 Å². The predicted molar refractivity (Wildman–Crippen MR) is 119 cm³/mol. The molecule has 0 atom stereocenters. The lowest BCUT2D eigenvalue weighted by Crippen LogP contribution is -2.22. The quantitative estimate of drug-likeness (QED) is 0.413. The van der Waals surface area contributed by atoms with E-state index in [0.717, 1.165) is 0 Å². The van der Waals surface area contributed by atoms with Crippen molar-refractivity contribution in [3.05, 3.63) is 88.4 Å². The van der Waals surface area contributed by atoms with E-state index in [1.165, 1.54) is 4.90 Å². The van der Waals surface area contributed by atoms with Crippen LogP contribution in [0.2, 0.25) is 5.02 Å². The van der Waals surface area contributed by atoms with Gasteiger partial charge in [0.1, 0.15) is 0 Å². The third kappa shape index (κ3) is 5.09. The lowest BCUT2D eigenvalue weighted by Gasteiger charge is -2.15. The summed E-state index contributed by atoms with van der Waals surface area (Å²) in [5.41, 5.74) is 3.96. The van der Waals surface area contributed by atoms with E-state index < -0.39 is 5.91 Å². The van der Waals surface area contributed by atoms with E-state index in [9.17, 15) is 14.4 Å². The Morgan fingerprint density at radius 1 is 0.871 bits per heavy atom. The molecule has 0 fully saturated rings. The van der Waals surface area contributed by atoms with E-state index in [1.807, 2.05) is 0 Å². The lowest BCUT2D eigenvalue weighted by molar-refractivity contribution is 0.0707. The zero-order chi connectivity index (χ0) is 22.5. The largest absolute Gasteiger partial charge is 0.345 e. The third-order valence-electron chi connectivity index (χ3n) is 4.53. The molecule has 7 nitrogen and oxygen atoms in total. The molecule has 158 valence electrons. The van der Waals surface area contributed by atoms with Crippen molar-refractivity contribution in [2.75, 3.05) is 19.4 Å². The van der Waals surface area contributed by atoms with Gasteiger partial charge in [0.05, 0.1) is 0 Å². The first-order valence-corrected chi connectivity index (χ1v) is 9.65. The van der Waals surface area contributed by atoms with Gasteiger partial charge in [-0.25, -0.2) is 5.48 Å². The van der Waals surface area contributed by atoms with E-state index in [1.54, 1.807) is 86.3 Å². The van der Waals surface area contributed by atoms with Crippen LogP contribution in [0.1, 0.15) is 31.1 Å². The number of carbonyl (C=O) groups excluding carboxylic acids is 3. The Morgan fingerprint density at radius 2 is 1.55 bits per heavy atom.